The monoisotopic (exact) mass is 616 g/mol. The van der Waals surface area contributed by atoms with Gasteiger partial charge in [0, 0.05) is 27.6 Å². The summed E-state index contributed by atoms with van der Waals surface area (Å²) in [7, 11) is 0. The van der Waals surface area contributed by atoms with Crippen molar-refractivity contribution in [3.05, 3.63) is 180 Å². The van der Waals surface area contributed by atoms with E-state index in [1.807, 2.05) is 0 Å². The summed E-state index contributed by atoms with van der Waals surface area (Å²) in [5.74, 6) is 0. The van der Waals surface area contributed by atoms with Gasteiger partial charge in [0.05, 0.1) is 22.4 Å². The van der Waals surface area contributed by atoms with Gasteiger partial charge in [-0.25, -0.2) is 0 Å². The highest BCUT2D eigenvalue weighted by molar-refractivity contribution is 6.10. The summed E-state index contributed by atoms with van der Waals surface area (Å²) in [6.45, 7) is 6.95. The van der Waals surface area contributed by atoms with Crippen molar-refractivity contribution in [3.8, 4) is 27.9 Å². The van der Waals surface area contributed by atoms with Crippen molar-refractivity contribution in [2.45, 2.75) is 26.2 Å². The molecular formula is C46H36N2. The molecule has 2 heterocycles. The lowest BCUT2D eigenvalue weighted by molar-refractivity contribution is 0.631. The van der Waals surface area contributed by atoms with E-state index in [2.05, 4.69) is 194 Å². The molecule has 0 N–H and O–H groups in total. The Bertz CT molecular complexity index is 2470. The van der Waals surface area contributed by atoms with Gasteiger partial charge in [0.15, 0.2) is 0 Å². The van der Waals surface area contributed by atoms with E-state index in [-0.39, 0.29) is 5.41 Å². The molecule has 2 nitrogen and oxygen atoms in total. The van der Waals surface area contributed by atoms with Crippen LogP contribution in [0.5, 0.6) is 0 Å². The number of aryl methyl sites for hydroxylation is 1. The average Bonchev–Trinajstić information content (AvgIpc) is 3.47. The van der Waals surface area contributed by atoms with Crippen LogP contribution in [0.25, 0.3) is 49.7 Å². The van der Waals surface area contributed by atoms with Gasteiger partial charge < -0.3 is 9.47 Å². The lowest BCUT2D eigenvalue weighted by Gasteiger charge is -2.42. The highest BCUT2D eigenvalue weighted by Crippen LogP contribution is 2.53. The number of hydrogen-bond acceptors (Lipinski definition) is 1. The Balaban J connectivity index is 1.20. The summed E-state index contributed by atoms with van der Waals surface area (Å²) in [4.78, 5) is 2.45. The Kier molecular flexibility index (Phi) is 6.42. The first-order valence-corrected chi connectivity index (χ1v) is 16.8. The molecule has 2 heteroatoms. The van der Waals surface area contributed by atoms with E-state index < -0.39 is 0 Å². The fourth-order valence-corrected chi connectivity index (χ4v) is 7.75. The van der Waals surface area contributed by atoms with Crippen LogP contribution in [0.1, 0.15) is 30.5 Å². The van der Waals surface area contributed by atoms with Crippen LogP contribution >= 0.6 is 0 Å². The van der Waals surface area contributed by atoms with Gasteiger partial charge in [0.25, 0.3) is 0 Å². The number of benzene rings is 7. The first-order chi connectivity index (χ1) is 23.5. The molecule has 0 saturated heterocycles. The van der Waals surface area contributed by atoms with Crippen molar-refractivity contribution in [2.75, 3.05) is 4.90 Å². The second kappa shape index (κ2) is 10.9. The fourth-order valence-electron chi connectivity index (χ4n) is 7.75. The van der Waals surface area contributed by atoms with Crippen molar-refractivity contribution >= 4 is 38.9 Å². The van der Waals surface area contributed by atoms with Crippen LogP contribution < -0.4 is 4.90 Å². The minimum Gasteiger partial charge on any atom is -0.310 e. The van der Waals surface area contributed by atoms with Crippen LogP contribution in [0.4, 0.5) is 17.1 Å². The van der Waals surface area contributed by atoms with Gasteiger partial charge in [-0.2, -0.15) is 0 Å². The van der Waals surface area contributed by atoms with E-state index in [1.54, 1.807) is 0 Å². The second-order valence-electron chi connectivity index (χ2n) is 13.5. The first kappa shape index (κ1) is 28.4. The third kappa shape index (κ3) is 4.41. The summed E-state index contributed by atoms with van der Waals surface area (Å²) >= 11 is 0. The molecule has 1 aliphatic heterocycles. The molecule has 0 spiro atoms. The van der Waals surface area contributed by atoms with Crippen LogP contribution in [0.2, 0.25) is 0 Å². The zero-order valence-electron chi connectivity index (χ0n) is 27.5. The Morgan fingerprint density at radius 3 is 1.75 bits per heavy atom. The topological polar surface area (TPSA) is 8.17 Å². The summed E-state index contributed by atoms with van der Waals surface area (Å²) in [6.07, 6.45) is 0. The molecule has 48 heavy (non-hydrogen) atoms. The number of rotatable bonds is 4. The number of hydrogen-bond donors (Lipinski definition) is 0. The molecule has 0 fully saturated rings. The van der Waals surface area contributed by atoms with Gasteiger partial charge in [0.2, 0.25) is 0 Å². The number of aromatic nitrogens is 1. The molecule has 0 aliphatic carbocycles. The molecule has 230 valence electrons. The van der Waals surface area contributed by atoms with E-state index in [9.17, 15) is 0 Å². The number of para-hydroxylation sites is 2. The summed E-state index contributed by atoms with van der Waals surface area (Å²) in [5.41, 5.74) is 16.0. The highest BCUT2D eigenvalue weighted by Gasteiger charge is 2.37. The van der Waals surface area contributed by atoms with Gasteiger partial charge in [-0.15, -0.1) is 0 Å². The number of nitrogens with zero attached hydrogens (tertiary/aromatic N) is 2. The van der Waals surface area contributed by atoms with E-state index in [0.717, 1.165) is 0 Å². The Hall–Kier alpha value is -5.86. The normalized spacial score (nSPS) is 13.4. The molecule has 1 aromatic heterocycles. The van der Waals surface area contributed by atoms with Crippen LogP contribution in [0.3, 0.4) is 0 Å². The highest BCUT2D eigenvalue weighted by atomic mass is 15.2. The van der Waals surface area contributed by atoms with Gasteiger partial charge in [-0.1, -0.05) is 123 Å². The predicted octanol–water partition coefficient (Wildman–Crippen LogP) is 12.5. The van der Waals surface area contributed by atoms with E-state index >= 15 is 0 Å². The zero-order chi connectivity index (χ0) is 32.4. The molecule has 0 atom stereocenters. The number of fused-ring (bicyclic) bond motifs is 5. The van der Waals surface area contributed by atoms with Crippen LogP contribution in [0.15, 0.2) is 164 Å². The Labute approximate surface area is 282 Å². The lowest BCUT2D eigenvalue weighted by atomic mass is 9.72. The van der Waals surface area contributed by atoms with E-state index in [4.69, 9.17) is 0 Å². The molecule has 0 saturated carbocycles. The standard InChI is InChI=1S/C46H36N2/c1-31-18-25-44-40(28-31)46(2,3)41-30-35(22-27-45(41)48(44)37-23-19-33(20-24-37)32-12-6-4-7-13-32)34-21-26-43-39(29-34)38-16-10-11-17-42(38)47(43)36-14-8-5-9-15-36/h4-30H,1-3H3. The average molecular weight is 617 g/mol. The third-order valence-corrected chi connectivity index (χ3v) is 10.2. The van der Waals surface area contributed by atoms with Crippen molar-refractivity contribution < 1.29 is 0 Å². The van der Waals surface area contributed by atoms with Gasteiger partial charge >= 0.3 is 0 Å². The molecule has 0 unspecified atom stereocenters. The maximum atomic E-state index is 2.45. The fraction of sp³-hybridized carbons (Fsp3) is 0.0870. The molecule has 0 bridgehead atoms. The molecular weight excluding hydrogens is 581 g/mol. The third-order valence-electron chi connectivity index (χ3n) is 10.2. The minimum absolute atomic E-state index is 0.180. The maximum absolute atomic E-state index is 2.45. The SMILES string of the molecule is Cc1ccc2c(c1)C(C)(C)c1cc(-c3ccc4c(c3)c3ccccc3n4-c3ccccc3)ccc1N2c1ccc(-c2ccccc2)cc1. The molecule has 0 amide bonds. The smallest absolute Gasteiger partial charge is 0.0541 e. The van der Waals surface area contributed by atoms with Crippen molar-refractivity contribution in [3.63, 3.8) is 0 Å². The molecule has 7 aromatic carbocycles. The minimum atomic E-state index is -0.180. The zero-order valence-corrected chi connectivity index (χ0v) is 27.5. The first-order valence-electron chi connectivity index (χ1n) is 16.8. The molecule has 0 radical (unpaired) electrons. The van der Waals surface area contributed by atoms with Gasteiger partial charge in [-0.3, -0.25) is 0 Å². The van der Waals surface area contributed by atoms with Crippen LogP contribution in [-0.4, -0.2) is 4.57 Å². The predicted molar refractivity (Wildman–Crippen MR) is 203 cm³/mol. The summed E-state index contributed by atoms with van der Waals surface area (Å²) in [5, 5.41) is 2.54. The van der Waals surface area contributed by atoms with Crippen molar-refractivity contribution in [1.29, 1.82) is 0 Å². The molecule has 8 aromatic rings. The maximum Gasteiger partial charge on any atom is 0.0541 e. The Morgan fingerprint density at radius 2 is 0.979 bits per heavy atom. The second-order valence-corrected chi connectivity index (χ2v) is 13.5. The van der Waals surface area contributed by atoms with Crippen molar-refractivity contribution in [2.24, 2.45) is 0 Å². The van der Waals surface area contributed by atoms with Gasteiger partial charge in [-0.05, 0) is 101 Å². The lowest BCUT2D eigenvalue weighted by Crippen LogP contribution is -2.30. The molecule has 1 aliphatic rings. The molecule has 9 rings (SSSR count). The Morgan fingerprint density at radius 1 is 0.417 bits per heavy atom. The largest absolute Gasteiger partial charge is 0.310 e. The van der Waals surface area contributed by atoms with E-state index in [0.29, 0.717) is 0 Å². The summed E-state index contributed by atoms with van der Waals surface area (Å²) in [6, 6.07) is 60.0. The van der Waals surface area contributed by atoms with E-state index in [1.165, 1.54) is 83.5 Å². The van der Waals surface area contributed by atoms with Crippen molar-refractivity contribution in [1.82, 2.24) is 4.57 Å². The quantitative estimate of drug-likeness (QED) is 0.191. The van der Waals surface area contributed by atoms with Crippen LogP contribution in [-0.2, 0) is 5.41 Å². The summed E-state index contributed by atoms with van der Waals surface area (Å²) < 4.78 is 2.38. The number of anilines is 3. The van der Waals surface area contributed by atoms with Crippen LogP contribution in [0, 0.1) is 6.92 Å². The van der Waals surface area contributed by atoms with Gasteiger partial charge in [0.1, 0.15) is 0 Å².